The van der Waals surface area contributed by atoms with Crippen LogP contribution in [0.25, 0.3) is 0 Å². The van der Waals surface area contributed by atoms with Crippen LogP contribution in [0.1, 0.15) is 60.9 Å². The molecular formula is C20H26N4O2. The minimum atomic E-state index is -0.297. The maximum absolute atomic E-state index is 12.5. The molecule has 0 fully saturated rings. The number of aryl methyl sites for hydroxylation is 1. The number of phenols is 1. The number of rotatable bonds is 4. The number of aromatic amines is 1. The Labute approximate surface area is 153 Å². The molecule has 0 saturated carbocycles. The van der Waals surface area contributed by atoms with Crippen LogP contribution < -0.4 is 5.43 Å². The van der Waals surface area contributed by atoms with Crippen LogP contribution in [-0.2, 0) is 12.8 Å². The van der Waals surface area contributed by atoms with Crippen LogP contribution in [0.2, 0.25) is 0 Å². The summed E-state index contributed by atoms with van der Waals surface area (Å²) < 4.78 is 0. The number of fused-ring (bicyclic) bond motifs is 1. The summed E-state index contributed by atoms with van der Waals surface area (Å²) in [5.41, 5.74) is 6.16. The molecule has 1 atom stereocenters. The Kier molecular flexibility index (Phi) is 5.11. The van der Waals surface area contributed by atoms with Crippen molar-refractivity contribution in [2.45, 2.75) is 46.5 Å². The normalized spacial score (nSPS) is 17.3. The van der Waals surface area contributed by atoms with E-state index < -0.39 is 0 Å². The molecule has 0 spiro atoms. The van der Waals surface area contributed by atoms with Crippen LogP contribution in [-0.4, -0.2) is 27.4 Å². The Balaban J connectivity index is 1.66. The van der Waals surface area contributed by atoms with Gasteiger partial charge in [0.05, 0.1) is 6.21 Å². The molecule has 0 aliphatic heterocycles. The first-order chi connectivity index (χ1) is 12.3. The smallest absolute Gasteiger partial charge is 0.292 e. The number of aromatic nitrogens is 2. The quantitative estimate of drug-likeness (QED) is 0.580. The standard InChI is InChI=1S/C20H26N4O2/c1-20(2,3)11-14-6-9-17-16(10-14)18(23-22-17)19(26)24-21-12-13-4-7-15(25)8-5-13/h4-5,7-8,12,14,25H,6,9-11H2,1-3H3,(H,22,23)(H,24,26)/b21-12+. The molecule has 1 aromatic heterocycles. The highest BCUT2D eigenvalue weighted by Gasteiger charge is 2.28. The number of aromatic hydroxyl groups is 1. The summed E-state index contributed by atoms with van der Waals surface area (Å²) in [5, 5.41) is 20.5. The zero-order chi connectivity index (χ0) is 18.7. The van der Waals surface area contributed by atoms with Gasteiger partial charge < -0.3 is 5.11 Å². The molecule has 0 bridgehead atoms. The van der Waals surface area contributed by atoms with Crippen molar-refractivity contribution >= 4 is 12.1 Å². The lowest BCUT2D eigenvalue weighted by atomic mass is 9.76. The second kappa shape index (κ2) is 7.32. The largest absolute Gasteiger partial charge is 0.508 e. The van der Waals surface area contributed by atoms with Gasteiger partial charge in [-0.25, -0.2) is 5.43 Å². The van der Waals surface area contributed by atoms with E-state index in [1.54, 1.807) is 30.5 Å². The maximum Gasteiger partial charge on any atom is 0.292 e. The first-order valence-corrected chi connectivity index (χ1v) is 9.00. The van der Waals surface area contributed by atoms with Crippen molar-refractivity contribution in [2.75, 3.05) is 0 Å². The SMILES string of the molecule is CC(C)(C)CC1CCc2[nH]nc(C(=O)N/N=C/c3ccc(O)cc3)c2C1. The molecule has 1 amide bonds. The minimum absolute atomic E-state index is 0.194. The van der Waals surface area contributed by atoms with E-state index in [0.717, 1.165) is 42.5 Å². The molecule has 1 unspecified atom stereocenters. The first-order valence-electron chi connectivity index (χ1n) is 9.00. The number of amides is 1. The van der Waals surface area contributed by atoms with Gasteiger partial charge >= 0.3 is 0 Å². The number of nitrogens with one attached hydrogen (secondary N) is 2. The number of hydrogen-bond donors (Lipinski definition) is 3. The summed E-state index contributed by atoms with van der Waals surface area (Å²) in [6.07, 6.45) is 5.63. The number of benzene rings is 1. The Hall–Kier alpha value is -2.63. The van der Waals surface area contributed by atoms with Crippen LogP contribution in [0.15, 0.2) is 29.4 Å². The molecule has 3 rings (SSSR count). The van der Waals surface area contributed by atoms with Crippen molar-refractivity contribution in [1.82, 2.24) is 15.6 Å². The van der Waals surface area contributed by atoms with Crippen LogP contribution in [0.4, 0.5) is 0 Å². The van der Waals surface area contributed by atoms with Gasteiger partial charge in [-0.3, -0.25) is 9.89 Å². The number of hydrogen-bond acceptors (Lipinski definition) is 4. The zero-order valence-electron chi connectivity index (χ0n) is 15.5. The Morgan fingerprint density at radius 2 is 2.12 bits per heavy atom. The van der Waals surface area contributed by atoms with E-state index in [1.807, 2.05) is 0 Å². The topological polar surface area (TPSA) is 90.4 Å². The molecule has 1 aliphatic carbocycles. The summed E-state index contributed by atoms with van der Waals surface area (Å²) in [7, 11) is 0. The van der Waals surface area contributed by atoms with Gasteiger partial charge in [-0.1, -0.05) is 20.8 Å². The van der Waals surface area contributed by atoms with Gasteiger partial charge in [-0.05, 0) is 66.8 Å². The van der Waals surface area contributed by atoms with Gasteiger partial charge in [0.15, 0.2) is 5.69 Å². The molecule has 26 heavy (non-hydrogen) atoms. The van der Waals surface area contributed by atoms with Crippen molar-refractivity contribution in [3.05, 3.63) is 46.8 Å². The highest BCUT2D eigenvalue weighted by atomic mass is 16.3. The number of phenolic OH excluding ortho intramolecular Hbond substituents is 1. The van der Waals surface area contributed by atoms with Crippen molar-refractivity contribution < 1.29 is 9.90 Å². The molecule has 6 heteroatoms. The van der Waals surface area contributed by atoms with Gasteiger partial charge in [0.2, 0.25) is 0 Å². The third-order valence-corrected chi connectivity index (χ3v) is 4.64. The highest BCUT2D eigenvalue weighted by molar-refractivity contribution is 5.94. The molecule has 1 aliphatic rings. The van der Waals surface area contributed by atoms with E-state index in [9.17, 15) is 9.90 Å². The summed E-state index contributed by atoms with van der Waals surface area (Å²) in [5.74, 6) is 0.472. The number of hydrazone groups is 1. The van der Waals surface area contributed by atoms with Gasteiger partial charge in [0, 0.05) is 11.3 Å². The van der Waals surface area contributed by atoms with E-state index in [0.29, 0.717) is 11.6 Å². The lowest BCUT2D eigenvalue weighted by Gasteiger charge is -2.28. The monoisotopic (exact) mass is 354 g/mol. The summed E-state index contributed by atoms with van der Waals surface area (Å²) in [4.78, 5) is 12.5. The lowest BCUT2D eigenvalue weighted by Crippen LogP contribution is -2.24. The molecule has 3 N–H and O–H groups in total. The fraction of sp³-hybridized carbons (Fsp3) is 0.450. The second-order valence-corrected chi connectivity index (χ2v) is 8.19. The van der Waals surface area contributed by atoms with Gasteiger partial charge in [0.25, 0.3) is 5.91 Å². The van der Waals surface area contributed by atoms with Gasteiger partial charge in [0.1, 0.15) is 5.75 Å². The van der Waals surface area contributed by atoms with E-state index >= 15 is 0 Å². The van der Waals surface area contributed by atoms with Crippen molar-refractivity contribution in [3.8, 4) is 5.75 Å². The van der Waals surface area contributed by atoms with Crippen LogP contribution >= 0.6 is 0 Å². The molecule has 0 radical (unpaired) electrons. The highest BCUT2D eigenvalue weighted by Crippen LogP contribution is 2.34. The molecule has 1 heterocycles. The molecule has 6 nitrogen and oxygen atoms in total. The predicted molar refractivity (Wildman–Crippen MR) is 101 cm³/mol. The zero-order valence-corrected chi connectivity index (χ0v) is 15.5. The van der Waals surface area contributed by atoms with E-state index in [-0.39, 0.29) is 17.1 Å². The van der Waals surface area contributed by atoms with Crippen LogP contribution in [0, 0.1) is 11.3 Å². The third-order valence-electron chi connectivity index (χ3n) is 4.64. The van der Waals surface area contributed by atoms with Crippen molar-refractivity contribution in [3.63, 3.8) is 0 Å². The fourth-order valence-electron chi connectivity index (χ4n) is 3.57. The molecular weight excluding hydrogens is 328 g/mol. The van der Waals surface area contributed by atoms with E-state index in [4.69, 9.17) is 0 Å². The third kappa shape index (κ3) is 4.50. The summed E-state index contributed by atoms with van der Waals surface area (Å²) >= 11 is 0. The fourth-order valence-corrected chi connectivity index (χ4v) is 3.57. The van der Waals surface area contributed by atoms with Gasteiger partial charge in [-0.15, -0.1) is 0 Å². The number of carbonyl (C=O) groups is 1. The maximum atomic E-state index is 12.5. The van der Waals surface area contributed by atoms with E-state index in [1.165, 1.54) is 0 Å². The van der Waals surface area contributed by atoms with Gasteiger partial charge in [-0.2, -0.15) is 10.2 Å². The summed E-state index contributed by atoms with van der Waals surface area (Å²) in [6.45, 7) is 6.76. The Morgan fingerprint density at radius 3 is 2.81 bits per heavy atom. The van der Waals surface area contributed by atoms with Crippen LogP contribution in [0.3, 0.4) is 0 Å². The molecule has 1 aromatic carbocycles. The number of nitrogens with zero attached hydrogens (tertiary/aromatic N) is 2. The number of H-pyrrole nitrogens is 1. The average Bonchev–Trinajstić information content (AvgIpc) is 2.98. The summed E-state index contributed by atoms with van der Waals surface area (Å²) in [6, 6.07) is 6.59. The second-order valence-electron chi connectivity index (χ2n) is 8.19. The molecule has 0 saturated heterocycles. The lowest BCUT2D eigenvalue weighted by molar-refractivity contribution is 0.0948. The average molecular weight is 354 g/mol. The Bertz CT molecular complexity index is 800. The Morgan fingerprint density at radius 1 is 1.38 bits per heavy atom. The first kappa shape index (κ1) is 18.2. The minimum Gasteiger partial charge on any atom is -0.508 e. The van der Waals surface area contributed by atoms with Crippen molar-refractivity contribution in [1.29, 1.82) is 0 Å². The van der Waals surface area contributed by atoms with E-state index in [2.05, 4.69) is 41.5 Å². The molecule has 138 valence electrons. The number of carbonyl (C=O) groups excluding carboxylic acids is 1. The van der Waals surface area contributed by atoms with Crippen molar-refractivity contribution in [2.24, 2.45) is 16.4 Å². The molecule has 2 aromatic rings. The predicted octanol–water partition coefficient (Wildman–Crippen LogP) is 3.42. The van der Waals surface area contributed by atoms with Crippen LogP contribution in [0.5, 0.6) is 5.75 Å².